The van der Waals surface area contributed by atoms with E-state index in [1.54, 1.807) is 25.1 Å². The lowest BCUT2D eigenvalue weighted by Gasteiger charge is -2.11. The van der Waals surface area contributed by atoms with Crippen LogP contribution in [0.1, 0.15) is 17.5 Å². The van der Waals surface area contributed by atoms with Crippen molar-refractivity contribution in [3.63, 3.8) is 0 Å². The van der Waals surface area contributed by atoms with Crippen LogP contribution in [-0.2, 0) is 14.4 Å². The van der Waals surface area contributed by atoms with Gasteiger partial charge >= 0.3 is 5.97 Å². The number of nitrogens with zero attached hydrogens (tertiary/aromatic N) is 2. The van der Waals surface area contributed by atoms with Gasteiger partial charge in [0.1, 0.15) is 0 Å². The van der Waals surface area contributed by atoms with Crippen LogP contribution in [0.15, 0.2) is 23.4 Å². The molecule has 0 radical (unpaired) electrons. The molecule has 1 atom stereocenters. The SMILES string of the molecule is Cc1ccc(C#N)cc1NC(=O)C1CC(C(=O)O)=NO1. The summed E-state index contributed by atoms with van der Waals surface area (Å²) in [5.74, 6) is -1.70. The molecular weight excluding hydrogens is 262 g/mol. The van der Waals surface area contributed by atoms with Crippen LogP contribution in [0.5, 0.6) is 0 Å². The van der Waals surface area contributed by atoms with E-state index in [1.807, 2.05) is 6.07 Å². The fourth-order valence-corrected chi connectivity index (χ4v) is 1.68. The van der Waals surface area contributed by atoms with Crippen molar-refractivity contribution in [2.75, 3.05) is 5.32 Å². The quantitative estimate of drug-likeness (QED) is 0.854. The average molecular weight is 273 g/mol. The Labute approximate surface area is 114 Å². The van der Waals surface area contributed by atoms with E-state index in [9.17, 15) is 9.59 Å². The van der Waals surface area contributed by atoms with Crippen LogP contribution in [0.4, 0.5) is 5.69 Å². The molecular formula is C13H11N3O4. The molecule has 1 aliphatic heterocycles. The second-order valence-electron chi connectivity index (χ2n) is 4.27. The number of aliphatic carboxylic acids is 1. The molecule has 0 saturated heterocycles. The predicted octanol–water partition coefficient (Wildman–Crippen LogP) is 1.03. The van der Waals surface area contributed by atoms with Crippen molar-refractivity contribution in [2.24, 2.45) is 5.16 Å². The first-order valence-electron chi connectivity index (χ1n) is 5.79. The number of rotatable bonds is 3. The second-order valence-corrected chi connectivity index (χ2v) is 4.27. The van der Waals surface area contributed by atoms with E-state index in [0.717, 1.165) is 5.56 Å². The van der Waals surface area contributed by atoms with Gasteiger partial charge in [-0.25, -0.2) is 4.79 Å². The first kappa shape index (κ1) is 13.5. The van der Waals surface area contributed by atoms with Crippen LogP contribution in [-0.4, -0.2) is 28.8 Å². The molecule has 1 heterocycles. The Bertz CT molecular complexity index is 646. The molecule has 1 unspecified atom stereocenters. The highest BCUT2D eigenvalue weighted by Crippen LogP contribution is 2.19. The molecule has 0 saturated carbocycles. The number of carboxylic acid groups (broad SMARTS) is 1. The third-order valence-electron chi connectivity index (χ3n) is 2.83. The number of amides is 1. The number of nitrogens with one attached hydrogen (secondary N) is 1. The Morgan fingerprint density at radius 1 is 1.55 bits per heavy atom. The lowest BCUT2D eigenvalue weighted by atomic mass is 10.1. The summed E-state index contributed by atoms with van der Waals surface area (Å²) in [6.07, 6.45) is -1.05. The molecule has 0 aliphatic carbocycles. The topological polar surface area (TPSA) is 112 Å². The van der Waals surface area contributed by atoms with Gasteiger partial charge in [-0.2, -0.15) is 5.26 Å². The van der Waals surface area contributed by atoms with E-state index in [-0.39, 0.29) is 12.1 Å². The molecule has 0 bridgehead atoms. The fourth-order valence-electron chi connectivity index (χ4n) is 1.68. The summed E-state index contributed by atoms with van der Waals surface area (Å²) in [6.45, 7) is 1.78. The van der Waals surface area contributed by atoms with Gasteiger partial charge in [0.05, 0.1) is 11.6 Å². The summed E-state index contributed by atoms with van der Waals surface area (Å²) >= 11 is 0. The van der Waals surface area contributed by atoms with Crippen molar-refractivity contribution in [1.82, 2.24) is 0 Å². The van der Waals surface area contributed by atoms with Crippen molar-refractivity contribution in [1.29, 1.82) is 5.26 Å². The third-order valence-corrected chi connectivity index (χ3v) is 2.83. The highest BCUT2D eigenvalue weighted by Gasteiger charge is 2.31. The lowest BCUT2D eigenvalue weighted by molar-refractivity contribution is -0.129. The standard InChI is InChI=1S/C13H11N3O4/c1-7-2-3-8(6-14)4-9(7)15-12(17)11-5-10(13(18)19)16-20-11/h2-4,11H,5H2,1H3,(H,15,17)(H,18,19). The molecule has 0 spiro atoms. The van der Waals surface area contributed by atoms with Crippen LogP contribution in [0, 0.1) is 18.3 Å². The summed E-state index contributed by atoms with van der Waals surface area (Å²) < 4.78 is 0. The molecule has 1 amide bonds. The number of carbonyl (C=O) groups is 2. The van der Waals surface area contributed by atoms with Gasteiger partial charge < -0.3 is 15.3 Å². The van der Waals surface area contributed by atoms with Gasteiger partial charge in [0.2, 0.25) is 6.10 Å². The zero-order valence-electron chi connectivity index (χ0n) is 10.6. The van der Waals surface area contributed by atoms with Crippen molar-refractivity contribution in [3.05, 3.63) is 29.3 Å². The van der Waals surface area contributed by atoms with Gasteiger partial charge in [-0.05, 0) is 24.6 Å². The molecule has 7 nitrogen and oxygen atoms in total. The Balaban J connectivity index is 2.07. The Hall–Kier alpha value is -2.88. The van der Waals surface area contributed by atoms with Crippen molar-refractivity contribution < 1.29 is 19.5 Å². The number of hydrogen-bond donors (Lipinski definition) is 2. The Morgan fingerprint density at radius 3 is 2.90 bits per heavy atom. The minimum absolute atomic E-state index is 0.0852. The molecule has 1 aliphatic rings. The molecule has 20 heavy (non-hydrogen) atoms. The highest BCUT2D eigenvalue weighted by atomic mass is 16.6. The van der Waals surface area contributed by atoms with Gasteiger partial charge in [-0.15, -0.1) is 0 Å². The summed E-state index contributed by atoms with van der Waals surface area (Å²) in [7, 11) is 0. The summed E-state index contributed by atoms with van der Waals surface area (Å²) in [4.78, 5) is 27.4. The van der Waals surface area contributed by atoms with Crippen LogP contribution < -0.4 is 5.32 Å². The maximum absolute atomic E-state index is 11.9. The van der Waals surface area contributed by atoms with Crippen molar-refractivity contribution in [2.45, 2.75) is 19.4 Å². The number of carboxylic acids is 1. The molecule has 2 N–H and O–H groups in total. The van der Waals surface area contributed by atoms with Crippen LogP contribution in [0.2, 0.25) is 0 Å². The maximum atomic E-state index is 11.9. The molecule has 102 valence electrons. The number of carbonyl (C=O) groups excluding carboxylic acids is 1. The lowest BCUT2D eigenvalue weighted by Crippen LogP contribution is -2.29. The number of nitriles is 1. The largest absolute Gasteiger partial charge is 0.477 e. The minimum atomic E-state index is -1.21. The van der Waals surface area contributed by atoms with Gasteiger partial charge in [0, 0.05) is 12.1 Å². The third kappa shape index (κ3) is 2.75. The first-order chi connectivity index (χ1) is 9.51. The van der Waals surface area contributed by atoms with E-state index in [0.29, 0.717) is 11.3 Å². The second kappa shape index (κ2) is 5.40. The fraction of sp³-hybridized carbons (Fsp3) is 0.231. The molecule has 1 aromatic rings. The Morgan fingerprint density at radius 2 is 2.30 bits per heavy atom. The summed E-state index contributed by atoms with van der Waals surface area (Å²) in [5, 5.41) is 23.5. The first-order valence-corrected chi connectivity index (χ1v) is 5.79. The zero-order chi connectivity index (χ0) is 14.7. The molecule has 0 aromatic heterocycles. The monoisotopic (exact) mass is 273 g/mol. The van der Waals surface area contributed by atoms with Gasteiger partial charge in [0.15, 0.2) is 5.71 Å². The van der Waals surface area contributed by atoms with Crippen molar-refractivity contribution >= 4 is 23.3 Å². The number of benzene rings is 1. The van der Waals surface area contributed by atoms with Crippen LogP contribution in [0.3, 0.4) is 0 Å². The zero-order valence-corrected chi connectivity index (χ0v) is 10.6. The molecule has 1 aromatic carbocycles. The van der Waals surface area contributed by atoms with Gasteiger partial charge in [-0.1, -0.05) is 11.2 Å². The van der Waals surface area contributed by atoms with E-state index in [1.165, 1.54) is 0 Å². The van der Waals surface area contributed by atoms with Crippen LogP contribution in [0.25, 0.3) is 0 Å². The number of anilines is 1. The molecule has 0 fully saturated rings. The number of oxime groups is 1. The molecule has 2 rings (SSSR count). The summed E-state index contributed by atoms with van der Waals surface area (Å²) in [6, 6.07) is 6.87. The van der Waals surface area contributed by atoms with Crippen molar-refractivity contribution in [3.8, 4) is 6.07 Å². The molecule has 7 heteroatoms. The maximum Gasteiger partial charge on any atom is 0.353 e. The number of aryl methyl sites for hydroxylation is 1. The smallest absolute Gasteiger partial charge is 0.353 e. The highest BCUT2D eigenvalue weighted by molar-refractivity contribution is 6.36. The summed E-state index contributed by atoms with van der Waals surface area (Å²) in [5.41, 5.74) is 1.50. The number of hydrogen-bond acceptors (Lipinski definition) is 5. The average Bonchev–Trinajstić information content (AvgIpc) is 2.91. The van der Waals surface area contributed by atoms with Gasteiger partial charge in [0.25, 0.3) is 5.91 Å². The van der Waals surface area contributed by atoms with Crippen LogP contribution >= 0.6 is 0 Å². The van der Waals surface area contributed by atoms with E-state index in [4.69, 9.17) is 15.2 Å². The van der Waals surface area contributed by atoms with E-state index < -0.39 is 18.0 Å². The van der Waals surface area contributed by atoms with Gasteiger partial charge in [-0.3, -0.25) is 4.79 Å². The van der Waals surface area contributed by atoms with E-state index >= 15 is 0 Å². The van der Waals surface area contributed by atoms with E-state index in [2.05, 4.69) is 10.5 Å². The minimum Gasteiger partial charge on any atom is -0.477 e. The Kier molecular flexibility index (Phi) is 3.66. The predicted molar refractivity (Wildman–Crippen MR) is 69.1 cm³/mol. The normalized spacial score (nSPS) is 16.8.